The van der Waals surface area contributed by atoms with Gasteiger partial charge in [-0.2, -0.15) is 4.39 Å². The summed E-state index contributed by atoms with van der Waals surface area (Å²) in [6.45, 7) is -0.732. The predicted octanol–water partition coefficient (Wildman–Crippen LogP) is 0.381. The topological polar surface area (TPSA) is 70.5 Å². The van der Waals surface area contributed by atoms with Gasteiger partial charge in [-0.05, 0) is 12.1 Å². The second kappa shape index (κ2) is 5.61. The molecule has 0 saturated carbocycles. The highest BCUT2D eigenvalue weighted by Crippen LogP contribution is 2.03. The maximum absolute atomic E-state index is 12.8. The number of hydrogen-bond donors (Lipinski definition) is 1. The molecule has 0 bridgehead atoms. The van der Waals surface area contributed by atoms with Gasteiger partial charge >= 0.3 is 5.97 Å². The Balaban J connectivity index is 2.92. The van der Waals surface area contributed by atoms with Crippen molar-refractivity contribution < 1.29 is 19.1 Å². The zero-order valence-corrected chi connectivity index (χ0v) is 8.76. The van der Waals surface area contributed by atoms with Gasteiger partial charge in [-0.1, -0.05) is 12.0 Å². The van der Waals surface area contributed by atoms with Crippen LogP contribution in [0.25, 0.3) is 0 Å². The Bertz CT molecular complexity index is 482. The number of aliphatic carboxylic acids is 1. The molecule has 0 aliphatic carbocycles. The van der Waals surface area contributed by atoms with E-state index in [9.17, 15) is 14.0 Å². The zero-order valence-electron chi connectivity index (χ0n) is 8.76. The third kappa shape index (κ3) is 3.57. The molecule has 88 valence electrons. The normalized spacial score (nSPS) is 9.41. The van der Waals surface area contributed by atoms with E-state index in [2.05, 4.69) is 10.9 Å². The first-order chi connectivity index (χ1) is 8.04. The average molecular weight is 236 g/mol. The third-order valence-electron chi connectivity index (χ3n) is 1.83. The number of carboxylic acid groups (broad SMARTS) is 1. The minimum absolute atomic E-state index is 0.177. The maximum atomic E-state index is 12.8. The average Bonchev–Trinajstić information content (AvgIpc) is 2.27. The van der Waals surface area contributed by atoms with Gasteiger partial charge in [0.25, 0.3) is 5.91 Å². The van der Waals surface area contributed by atoms with E-state index >= 15 is 0 Å². The molecule has 0 aromatic carbocycles. The van der Waals surface area contributed by atoms with Crippen LogP contribution in [0, 0.1) is 18.3 Å². The van der Waals surface area contributed by atoms with Gasteiger partial charge < -0.3 is 10.0 Å². The molecule has 1 aromatic heterocycles. The molecule has 0 aliphatic heterocycles. The number of carboxylic acids is 1. The van der Waals surface area contributed by atoms with E-state index in [0.717, 1.165) is 11.0 Å². The highest BCUT2D eigenvalue weighted by molar-refractivity contribution is 5.94. The molecule has 17 heavy (non-hydrogen) atoms. The van der Waals surface area contributed by atoms with Crippen molar-refractivity contribution in [1.29, 1.82) is 0 Å². The fraction of sp³-hybridized carbons (Fsp3) is 0.182. The summed E-state index contributed by atoms with van der Waals surface area (Å²) in [4.78, 5) is 26.5. The van der Waals surface area contributed by atoms with Gasteiger partial charge in [0.2, 0.25) is 5.95 Å². The van der Waals surface area contributed by atoms with Crippen LogP contribution in [0.15, 0.2) is 18.2 Å². The maximum Gasteiger partial charge on any atom is 0.323 e. The smallest absolute Gasteiger partial charge is 0.323 e. The number of carbonyl (C=O) groups is 2. The van der Waals surface area contributed by atoms with Crippen molar-refractivity contribution in [2.45, 2.75) is 0 Å². The van der Waals surface area contributed by atoms with Crippen molar-refractivity contribution in [3.05, 3.63) is 29.8 Å². The molecule has 0 aliphatic rings. The van der Waals surface area contributed by atoms with Crippen molar-refractivity contribution in [3.63, 3.8) is 0 Å². The van der Waals surface area contributed by atoms with Crippen LogP contribution >= 0.6 is 0 Å². The third-order valence-corrected chi connectivity index (χ3v) is 1.83. The second-order valence-electron chi connectivity index (χ2n) is 3.10. The Labute approximate surface area is 96.9 Å². The SMILES string of the molecule is C#CCN(CC(=O)O)C(=O)c1cccc(F)n1. The number of nitrogens with zero attached hydrogens (tertiary/aromatic N) is 2. The Morgan fingerprint density at radius 2 is 2.24 bits per heavy atom. The van der Waals surface area contributed by atoms with E-state index in [1.54, 1.807) is 0 Å². The summed E-state index contributed by atoms with van der Waals surface area (Å²) < 4.78 is 12.8. The lowest BCUT2D eigenvalue weighted by molar-refractivity contribution is -0.137. The highest BCUT2D eigenvalue weighted by Gasteiger charge is 2.19. The van der Waals surface area contributed by atoms with Gasteiger partial charge in [0.15, 0.2) is 0 Å². The summed E-state index contributed by atoms with van der Waals surface area (Å²) >= 11 is 0. The number of carbonyl (C=O) groups excluding carboxylic acids is 1. The van der Waals surface area contributed by atoms with Crippen molar-refractivity contribution in [1.82, 2.24) is 9.88 Å². The van der Waals surface area contributed by atoms with Crippen LogP contribution in [0.2, 0.25) is 0 Å². The Morgan fingerprint density at radius 3 is 2.76 bits per heavy atom. The van der Waals surface area contributed by atoms with Gasteiger partial charge in [0.05, 0.1) is 6.54 Å². The molecule has 0 atom stereocenters. The van der Waals surface area contributed by atoms with Gasteiger partial charge in [-0.15, -0.1) is 6.42 Å². The van der Waals surface area contributed by atoms with Crippen LogP contribution in [-0.4, -0.2) is 40.0 Å². The number of halogens is 1. The standard InChI is InChI=1S/C11H9FN2O3/c1-2-6-14(7-10(15)16)11(17)8-4-3-5-9(12)13-8/h1,3-5H,6-7H2,(H,15,16). The summed E-state index contributed by atoms with van der Waals surface area (Å²) in [5.41, 5.74) is -0.179. The van der Waals surface area contributed by atoms with E-state index < -0.39 is 24.4 Å². The molecular formula is C11H9FN2O3. The predicted molar refractivity (Wildman–Crippen MR) is 56.6 cm³/mol. The molecular weight excluding hydrogens is 227 g/mol. The Hall–Kier alpha value is -2.42. The monoisotopic (exact) mass is 236 g/mol. The van der Waals surface area contributed by atoms with E-state index in [0.29, 0.717) is 0 Å². The first-order valence-electron chi connectivity index (χ1n) is 4.61. The molecule has 1 amide bonds. The lowest BCUT2D eigenvalue weighted by atomic mass is 10.3. The fourth-order valence-corrected chi connectivity index (χ4v) is 1.16. The van der Waals surface area contributed by atoms with Crippen LogP contribution in [0.4, 0.5) is 4.39 Å². The van der Waals surface area contributed by atoms with Crippen LogP contribution in [0.5, 0.6) is 0 Å². The van der Waals surface area contributed by atoms with Crippen molar-refractivity contribution in [3.8, 4) is 12.3 Å². The summed E-state index contributed by atoms with van der Waals surface area (Å²) in [6.07, 6.45) is 5.02. The summed E-state index contributed by atoms with van der Waals surface area (Å²) in [5.74, 6) is -0.576. The van der Waals surface area contributed by atoms with Crippen molar-refractivity contribution in [2.75, 3.05) is 13.1 Å². The molecule has 1 heterocycles. The lowest BCUT2D eigenvalue weighted by Crippen LogP contribution is -2.36. The number of rotatable bonds is 4. The van der Waals surface area contributed by atoms with E-state index in [4.69, 9.17) is 11.5 Å². The summed E-state index contributed by atoms with van der Waals surface area (Å²) in [7, 11) is 0. The number of amides is 1. The van der Waals surface area contributed by atoms with E-state index in [1.165, 1.54) is 12.1 Å². The molecule has 1 rings (SSSR count). The zero-order chi connectivity index (χ0) is 12.8. The van der Waals surface area contributed by atoms with Gasteiger partial charge in [-0.3, -0.25) is 9.59 Å². The van der Waals surface area contributed by atoms with Gasteiger partial charge in [0, 0.05) is 0 Å². The molecule has 1 N–H and O–H groups in total. The first kappa shape index (κ1) is 12.6. The first-order valence-corrected chi connectivity index (χ1v) is 4.61. The molecule has 0 fully saturated rings. The summed E-state index contributed by atoms with van der Waals surface area (Å²) in [5, 5.41) is 8.60. The molecule has 5 nitrogen and oxygen atoms in total. The second-order valence-corrected chi connectivity index (χ2v) is 3.10. The van der Waals surface area contributed by atoms with Gasteiger partial charge in [-0.25, -0.2) is 4.98 Å². The molecule has 0 saturated heterocycles. The van der Waals surface area contributed by atoms with Crippen LogP contribution in [0.1, 0.15) is 10.5 Å². The number of aromatic nitrogens is 1. The number of pyridine rings is 1. The molecule has 0 radical (unpaired) electrons. The molecule has 6 heteroatoms. The lowest BCUT2D eigenvalue weighted by Gasteiger charge is -2.17. The Kier molecular flexibility index (Phi) is 4.17. The molecule has 0 spiro atoms. The van der Waals surface area contributed by atoms with Crippen molar-refractivity contribution >= 4 is 11.9 Å². The van der Waals surface area contributed by atoms with E-state index in [-0.39, 0.29) is 12.2 Å². The highest BCUT2D eigenvalue weighted by atomic mass is 19.1. The van der Waals surface area contributed by atoms with Crippen molar-refractivity contribution in [2.24, 2.45) is 0 Å². The molecule has 0 unspecified atom stereocenters. The number of terminal acetylenes is 1. The minimum Gasteiger partial charge on any atom is -0.480 e. The largest absolute Gasteiger partial charge is 0.480 e. The minimum atomic E-state index is -1.20. The van der Waals surface area contributed by atoms with E-state index in [1.807, 2.05) is 0 Å². The number of hydrogen-bond acceptors (Lipinski definition) is 3. The van der Waals surface area contributed by atoms with Crippen LogP contribution in [-0.2, 0) is 4.79 Å². The van der Waals surface area contributed by atoms with Crippen LogP contribution in [0.3, 0.4) is 0 Å². The van der Waals surface area contributed by atoms with Gasteiger partial charge in [0.1, 0.15) is 12.2 Å². The molecule has 1 aromatic rings. The quantitative estimate of drug-likeness (QED) is 0.606. The fourth-order valence-electron chi connectivity index (χ4n) is 1.16. The Morgan fingerprint density at radius 1 is 1.53 bits per heavy atom. The summed E-state index contributed by atoms with van der Waals surface area (Å²) in [6, 6.07) is 3.68. The van der Waals surface area contributed by atoms with Crippen LogP contribution < -0.4 is 0 Å².